The van der Waals surface area contributed by atoms with E-state index in [1.807, 2.05) is 43.3 Å². The molecule has 2 aromatic rings. The summed E-state index contributed by atoms with van der Waals surface area (Å²) in [4.78, 5) is 14.5. The van der Waals surface area contributed by atoms with Crippen molar-refractivity contribution < 1.29 is 13.9 Å². The molecule has 5 nitrogen and oxygen atoms in total. The number of hydrogen-bond acceptors (Lipinski definition) is 4. The molecule has 1 aliphatic heterocycles. The van der Waals surface area contributed by atoms with E-state index in [9.17, 15) is 4.79 Å². The number of nitrogens with one attached hydrogen (secondary N) is 1. The summed E-state index contributed by atoms with van der Waals surface area (Å²) in [6.07, 6.45) is 4.07. The predicted molar refractivity (Wildman–Crippen MR) is 91.9 cm³/mol. The molecule has 0 radical (unpaired) electrons. The minimum absolute atomic E-state index is 0.0222. The molecule has 1 saturated heterocycles. The van der Waals surface area contributed by atoms with Gasteiger partial charge < -0.3 is 14.5 Å². The highest BCUT2D eigenvalue weighted by Crippen LogP contribution is 2.24. The van der Waals surface area contributed by atoms with Gasteiger partial charge in [-0.3, -0.25) is 9.69 Å². The molecule has 1 aromatic heterocycles. The number of amides is 1. The van der Waals surface area contributed by atoms with Crippen molar-refractivity contribution in [3.8, 4) is 5.75 Å². The largest absolute Gasteiger partial charge is 0.484 e. The van der Waals surface area contributed by atoms with E-state index in [-0.39, 0.29) is 18.6 Å². The van der Waals surface area contributed by atoms with Gasteiger partial charge in [0, 0.05) is 6.54 Å². The van der Waals surface area contributed by atoms with Gasteiger partial charge in [-0.2, -0.15) is 0 Å². The second-order valence-corrected chi connectivity index (χ2v) is 6.18. The first-order valence-corrected chi connectivity index (χ1v) is 8.46. The molecule has 0 saturated carbocycles. The van der Waals surface area contributed by atoms with Crippen LogP contribution in [0.15, 0.2) is 47.1 Å². The summed E-state index contributed by atoms with van der Waals surface area (Å²) in [7, 11) is 0. The van der Waals surface area contributed by atoms with Gasteiger partial charge in [0.1, 0.15) is 11.5 Å². The second-order valence-electron chi connectivity index (χ2n) is 6.18. The molecule has 1 N–H and O–H groups in total. The molecular formula is C19H24N2O3. The summed E-state index contributed by atoms with van der Waals surface area (Å²) >= 11 is 0. The standard InChI is InChI=1S/C19H24N2O3/c1-15-6-4-7-16(12-15)24-14-19(22)20-13-17(18-8-5-11-23-18)21-9-2-3-10-21/h4-8,11-12,17H,2-3,9-10,13-14H2,1H3,(H,20,22)/t17-/m0/s1. The van der Waals surface area contributed by atoms with Gasteiger partial charge in [-0.05, 0) is 62.7 Å². The Bertz CT molecular complexity index is 648. The zero-order chi connectivity index (χ0) is 16.8. The number of carbonyl (C=O) groups is 1. The molecule has 24 heavy (non-hydrogen) atoms. The van der Waals surface area contributed by atoms with Crippen LogP contribution in [-0.4, -0.2) is 37.0 Å². The van der Waals surface area contributed by atoms with E-state index in [1.54, 1.807) is 6.26 Å². The van der Waals surface area contributed by atoms with Crippen LogP contribution in [0.5, 0.6) is 5.75 Å². The number of benzene rings is 1. The number of rotatable bonds is 7. The Hall–Kier alpha value is -2.27. The van der Waals surface area contributed by atoms with E-state index < -0.39 is 0 Å². The first kappa shape index (κ1) is 16.6. The molecule has 5 heteroatoms. The van der Waals surface area contributed by atoms with E-state index in [0.717, 1.165) is 24.4 Å². The number of aryl methyl sites for hydroxylation is 1. The molecule has 0 unspecified atom stereocenters. The molecule has 128 valence electrons. The summed E-state index contributed by atoms with van der Waals surface area (Å²) in [5.74, 6) is 1.50. The van der Waals surface area contributed by atoms with Gasteiger partial charge in [-0.1, -0.05) is 12.1 Å². The molecule has 1 fully saturated rings. The normalized spacial score (nSPS) is 16.0. The van der Waals surface area contributed by atoms with Crippen LogP contribution < -0.4 is 10.1 Å². The third kappa shape index (κ3) is 4.38. The van der Waals surface area contributed by atoms with Gasteiger partial charge in [0.15, 0.2) is 6.61 Å². The van der Waals surface area contributed by atoms with Crippen LogP contribution in [0.2, 0.25) is 0 Å². The lowest BCUT2D eigenvalue weighted by molar-refractivity contribution is -0.123. The Morgan fingerprint density at radius 3 is 2.83 bits per heavy atom. The van der Waals surface area contributed by atoms with Gasteiger partial charge in [0.25, 0.3) is 5.91 Å². The monoisotopic (exact) mass is 328 g/mol. The van der Waals surface area contributed by atoms with Gasteiger partial charge in [0.05, 0.1) is 12.3 Å². The fourth-order valence-corrected chi connectivity index (χ4v) is 3.06. The number of nitrogens with zero attached hydrogens (tertiary/aromatic N) is 1. The molecule has 3 rings (SSSR count). The summed E-state index contributed by atoms with van der Waals surface area (Å²) in [5, 5.41) is 2.97. The van der Waals surface area contributed by atoms with Crippen molar-refractivity contribution in [2.24, 2.45) is 0 Å². The maximum absolute atomic E-state index is 12.1. The third-order valence-corrected chi connectivity index (χ3v) is 4.31. The molecule has 2 heterocycles. The lowest BCUT2D eigenvalue weighted by Gasteiger charge is -2.26. The smallest absolute Gasteiger partial charge is 0.258 e. The van der Waals surface area contributed by atoms with Crippen LogP contribution in [0.25, 0.3) is 0 Å². The van der Waals surface area contributed by atoms with Gasteiger partial charge in [0.2, 0.25) is 0 Å². The lowest BCUT2D eigenvalue weighted by atomic mass is 10.2. The lowest BCUT2D eigenvalue weighted by Crippen LogP contribution is -2.38. The highest BCUT2D eigenvalue weighted by molar-refractivity contribution is 5.77. The fraction of sp³-hybridized carbons (Fsp3) is 0.421. The molecule has 1 amide bonds. The van der Waals surface area contributed by atoms with Crippen molar-refractivity contribution in [1.29, 1.82) is 0 Å². The van der Waals surface area contributed by atoms with Gasteiger partial charge in [-0.15, -0.1) is 0 Å². The van der Waals surface area contributed by atoms with Crippen molar-refractivity contribution >= 4 is 5.91 Å². The van der Waals surface area contributed by atoms with Gasteiger partial charge >= 0.3 is 0 Å². The Balaban J connectivity index is 1.51. The van der Waals surface area contributed by atoms with Crippen LogP contribution in [0.4, 0.5) is 0 Å². The molecule has 0 spiro atoms. The van der Waals surface area contributed by atoms with E-state index in [1.165, 1.54) is 12.8 Å². The Labute approximate surface area is 142 Å². The summed E-state index contributed by atoms with van der Waals surface area (Å²) < 4.78 is 11.1. The summed E-state index contributed by atoms with van der Waals surface area (Å²) in [6, 6.07) is 11.6. The maximum Gasteiger partial charge on any atom is 0.258 e. The molecule has 1 aliphatic rings. The van der Waals surface area contributed by atoms with Crippen LogP contribution in [0, 0.1) is 6.92 Å². The van der Waals surface area contributed by atoms with E-state index >= 15 is 0 Å². The van der Waals surface area contributed by atoms with Gasteiger partial charge in [-0.25, -0.2) is 0 Å². The second kappa shape index (κ2) is 8.02. The number of furan rings is 1. The number of hydrogen-bond donors (Lipinski definition) is 1. The average Bonchev–Trinajstić information content (AvgIpc) is 3.27. The molecular weight excluding hydrogens is 304 g/mol. The number of carbonyl (C=O) groups excluding carboxylic acids is 1. The van der Waals surface area contributed by atoms with E-state index in [2.05, 4.69) is 10.2 Å². The van der Waals surface area contributed by atoms with Crippen LogP contribution in [0.1, 0.15) is 30.2 Å². The first-order valence-electron chi connectivity index (χ1n) is 8.46. The molecule has 0 bridgehead atoms. The Kier molecular flexibility index (Phi) is 5.54. The molecule has 1 aromatic carbocycles. The topological polar surface area (TPSA) is 54.7 Å². The minimum Gasteiger partial charge on any atom is -0.484 e. The van der Waals surface area contributed by atoms with Crippen molar-refractivity contribution in [1.82, 2.24) is 10.2 Å². The van der Waals surface area contributed by atoms with Crippen LogP contribution in [-0.2, 0) is 4.79 Å². The molecule has 1 atom stereocenters. The zero-order valence-corrected chi connectivity index (χ0v) is 14.0. The Morgan fingerprint density at radius 1 is 1.29 bits per heavy atom. The zero-order valence-electron chi connectivity index (χ0n) is 14.0. The maximum atomic E-state index is 12.1. The highest BCUT2D eigenvalue weighted by atomic mass is 16.5. The SMILES string of the molecule is Cc1cccc(OCC(=O)NC[C@@H](c2ccco2)N2CCCC2)c1. The first-order chi connectivity index (χ1) is 11.7. The molecule has 0 aliphatic carbocycles. The van der Waals surface area contributed by atoms with E-state index in [4.69, 9.17) is 9.15 Å². The van der Waals surface area contributed by atoms with Crippen LogP contribution >= 0.6 is 0 Å². The quantitative estimate of drug-likeness (QED) is 0.849. The number of likely N-dealkylation sites (tertiary alicyclic amines) is 1. The van der Waals surface area contributed by atoms with Crippen molar-refractivity contribution in [2.75, 3.05) is 26.2 Å². The Morgan fingerprint density at radius 2 is 2.12 bits per heavy atom. The average molecular weight is 328 g/mol. The third-order valence-electron chi connectivity index (χ3n) is 4.31. The van der Waals surface area contributed by atoms with Crippen LogP contribution in [0.3, 0.4) is 0 Å². The fourth-order valence-electron chi connectivity index (χ4n) is 3.06. The predicted octanol–water partition coefficient (Wildman–Crippen LogP) is 2.92. The summed E-state index contributed by atoms with van der Waals surface area (Å²) in [6.45, 7) is 4.64. The van der Waals surface area contributed by atoms with E-state index in [0.29, 0.717) is 12.3 Å². The van der Waals surface area contributed by atoms with Crippen molar-refractivity contribution in [3.05, 3.63) is 54.0 Å². The highest BCUT2D eigenvalue weighted by Gasteiger charge is 2.25. The van der Waals surface area contributed by atoms with Crippen molar-refractivity contribution in [3.63, 3.8) is 0 Å². The van der Waals surface area contributed by atoms with Crippen molar-refractivity contribution in [2.45, 2.75) is 25.8 Å². The minimum atomic E-state index is -0.118. The summed E-state index contributed by atoms with van der Waals surface area (Å²) in [5.41, 5.74) is 1.11. The number of ether oxygens (including phenoxy) is 1.